The van der Waals surface area contributed by atoms with Crippen molar-refractivity contribution in [1.82, 2.24) is 5.48 Å². The van der Waals surface area contributed by atoms with E-state index in [1.165, 1.54) is 36.8 Å². The third kappa shape index (κ3) is 3.30. The Morgan fingerprint density at radius 3 is 2.81 bits per heavy atom. The van der Waals surface area contributed by atoms with Gasteiger partial charge < -0.3 is 0 Å². The first-order chi connectivity index (χ1) is 7.75. The molecule has 2 nitrogen and oxygen atoms in total. The van der Waals surface area contributed by atoms with Crippen LogP contribution in [0.4, 0.5) is 0 Å². The molecule has 1 N–H and O–H groups in total. The zero-order chi connectivity index (χ0) is 11.4. The Kier molecular flexibility index (Phi) is 4.38. The monoisotopic (exact) mass is 283 g/mol. The molecule has 0 atom stereocenters. The molecule has 0 unspecified atom stereocenters. The molecule has 0 amide bonds. The fourth-order valence-corrected chi connectivity index (χ4v) is 2.67. The summed E-state index contributed by atoms with van der Waals surface area (Å²) in [6, 6.07) is 6.38. The van der Waals surface area contributed by atoms with Gasteiger partial charge in [0, 0.05) is 11.0 Å². The Labute approximate surface area is 105 Å². The van der Waals surface area contributed by atoms with E-state index in [-0.39, 0.29) is 0 Å². The molecule has 0 saturated heterocycles. The van der Waals surface area contributed by atoms with Gasteiger partial charge in [0.1, 0.15) is 0 Å². The van der Waals surface area contributed by atoms with Crippen molar-refractivity contribution in [2.45, 2.75) is 45.3 Å². The molecule has 1 aromatic carbocycles. The van der Waals surface area contributed by atoms with E-state index in [1.54, 1.807) is 0 Å². The molecule has 0 heterocycles. The summed E-state index contributed by atoms with van der Waals surface area (Å²) in [4.78, 5) is 5.62. The first-order valence-electron chi connectivity index (χ1n) is 5.89. The maximum absolute atomic E-state index is 5.62. The number of halogens is 1. The van der Waals surface area contributed by atoms with Crippen molar-refractivity contribution < 1.29 is 4.84 Å². The van der Waals surface area contributed by atoms with Crippen molar-refractivity contribution in [2.75, 3.05) is 0 Å². The second-order valence-corrected chi connectivity index (χ2v) is 5.29. The Hall–Kier alpha value is -0.380. The summed E-state index contributed by atoms with van der Waals surface area (Å²) < 4.78 is 1.15. The lowest BCUT2D eigenvalue weighted by molar-refractivity contribution is -0.0244. The van der Waals surface area contributed by atoms with Crippen molar-refractivity contribution in [3.05, 3.63) is 33.8 Å². The molecule has 1 fully saturated rings. The van der Waals surface area contributed by atoms with Crippen molar-refractivity contribution in [3.63, 3.8) is 0 Å². The van der Waals surface area contributed by atoms with Crippen LogP contribution in [-0.4, -0.2) is 6.10 Å². The fourth-order valence-electron chi connectivity index (χ4n) is 2.04. The van der Waals surface area contributed by atoms with E-state index in [4.69, 9.17) is 4.84 Å². The summed E-state index contributed by atoms with van der Waals surface area (Å²) in [6.07, 6.45) is 5.43. The van der Waals surface area contributed by atoms with Crippen LogP contribution in [-0.2, 0) is 11.4 Å². The molecule has 0 spiro atoms. The van der Waals surface area contributed by atoms with Gasteiger partial charge in [0.2, 0.25) is 0 Å². The van der Waals surface area contributed by atoms with Gasteiger partial charge >= 0.3 is 0 Å². The summed E-state index contributed by atoms with van der Waals surface area (Å²) >= 11 is 3.57. The fraction of sp³-hybridized carbons (Fsp3) is 0.538. The summed E-state index contributed by atoms with van der Waals surface area (Å²) in [5.41, 5.74) is 5.58. The van der Waals surface area contributed by atoms with E-state index in [0.29, 0.717) is 6.10 Å². The van der Waals surface area contributed by atoms with Gasteiger partial charge in [-0.2, -0.15) is 5.48 Å². The number of hydrogen-bond donors (Lipinski definition) is 1. The molecule has 3 heteroatoms. The lowest BCUT2D eigenvalue weighted by Crippen LogP contribution is -2.21. The SMILES string of the molecule is Cc1ccc(CNOC2CCCC2)c(Br)c1. The molecule has 2 rings (SSSR count). The van der Waals surface area contributed by atoms with Crippen LogP contribution >= 0.6 is 15.9 Å². The average Bonchev–Trinajstić information content (AvgIpc) is 2.74. The van der Waals surface area contributed by atoms with Crippen LogP contribution < -0.4 is 5.48 Å². The van der Waals surface area contributed by atoms with Gasteiger partial charge in [-0.1, -0.05) is 40.9 Å². The number of rotatable bonds is 4. The minimum atomic E-state index is 0.421. The van der Waals surface area contributed by atoms with Gasteiger partial charge in [-0.3, -0.25) is 4.84 Å². The predicted molar refractivity (Wildman–Crippen MR) is 69.1 cm³/mol. The lowest BCUT2D eigenvalue weighted by atomic mass is 10.1. The molecule has 1 saturated carbocycles. The van der Waals surface area contributed by atoms with Gasteiger partial charge in [0.25, 0.3) is 0 Å². The molecular weight excluding hydrogens is 266 g/mol. The smallest absolute Gasteiger partial charge is 0.0790 e. The molecule has 0 aromatic heterocycles. The van der Waals surface area contributed by atoms with Gasteiger partial charge in [-0.05, 0) is 37.0 Å². The zero-order valence-electron chi connectivity index (χ0n) is 9.63. The van der Waals surface area contributed by atoms with E-state index in [1.807, 2.05) is 0 Å². The van der Waals surface area contributed by atoms with Gasteiger partial charge in [-0.25, -0.2) is 0 Å². The third-order valence-corrected chi connectivity index (χ3v) is 3.76. The normalized spacial score (nSPS) is 16.9. The highest BCUT2D eigenvalue weighted by molar-refractivity contribution is 9.10. The predicted octanol–water partition coefficient (Wildman–Crippen LogP) is 3.72. The number of aryl methyl sites for hydroxylation is 1. The standard InChI is InChI=1S/C13H18BrNO/c1-10-6-7-11(13(14)8-10)9-15-16-12-4-2-3-5-12/h6-8,12,15H,2-5,9H2,1H3. The van der Waals surface area contributed by atoms with Gasteiger partial charge in [0.15, 0.2) is 0 Å². The molecular formula is C13H18BrNO. The number of hydroxylamine groups is 1. The molecule has 1 aliphatic rings. The number of hydrogen-bond acceptors (Lipinski definition) is 2. The van der Waals surface area contributed by atoms with Crippen LogP contribution in [0.25, 0.3) is 0 Å². The van der Waals surface area contributed by atoms with Crippen LogP contribution in [0, 0.1) is 6.92 Å². The number of benzene rings is 1. The molecule has 1 aliphatic carbocycles. The second-order valence-electron chi connectivity index (χ2n) is 4.44. The summed E-state index contributed by atoms with van der Waals surface area (Å²) in [5.74, 6) is 0. The lowest BCUT2D eigenvalue weighted by Gasteiger charge is -2.12. The van der Waals surface area contributed by atoms with E-state index >= 15 is 0 Å². The van der Waals surface area contributed by atoms with Crippen LogP contribution in [0.5, 0.6) is 0 Å². The van der Waals surface area contributed by atoms with Gasteiger partial charge in [0.05, 0.1) is 6.10 Å². The Morgan fingerprint density at radius 1 is 1.38 bits per heavy atom. The van der Waals surface area contributed by atoms with Crippen molar-refractivity contribution >= 4 is 15.9 Å². The van der Waals surface area contributed by atoms with Gasteiger partial charge in [-0.15, -0.1) is 0 Å². The second kappa shape index (κ2) is 5.80. The molecule has 88 valence electrons. The van der Waals surface area contributed by atoms with Crippen LogP contribution in [0.15, 0.2) is 22.7 Å². The van der Waals surface area contributed by atoms with E-state index in [0.717, 1.165) is 11.0 Å². The Morgan fingerprint density at radius 2 is 2.12 bits per heavy atom. The molecule has 0 bridgehead atoms. The highest BCUT2D eigenvalue weighted by atomic mass is 79.9. The molecule has 16 heavy (non-hydrogen) atoms. The summed E-state index contributed by atoms with van der Waals surface area (Å²) in [6.45, 7) is 2.86. The first kappa shape index (κ1) is 12.1. The third-order valence-electron chi connectivity index (χ3n) is 3.02. The zero-order valence-corrected chi connectivity index (χ0v) is 11.2. The summed E-state index contributed by atoms with van der Waals surface area (Å²) in [5, 5.41) is 0. The van der Waals surface area contributed by atoms with Crippen molar-refractivity contribution in [1.29, 1.82) is 0 Å². The maximum Gasteiger partial charge on any atom is 0.0790 e. The molecule has 0 aliphatic heterocycles. The highest BCUT2D eigenvalue weighted by Gasteiger charge is 2.15. The maximum atomic E-state index is 5.62. The quantitative estimate of drug-likeness (QED) is 0.851. The van der Waals surface area contributed by atoms with E-state index < -0.39 is 0 Å². The highest BCUT2D eigenvalue weighted by Crippen LogP contribution is 2.21. The summed E-state index contributed by atoms with van der Waals surface area (Å²) in [7, 11) is 0. The minimum Gasteiger partial charge on any atom is -0.298 e. The van der Waals surface area contributed by atoms with Crippen LogP contribution in [0.1, 0.15) is 36.8 Å². The molecule has 0 radical (unpaired) electrons. The Balaban J connectivity index is 1.80. The largest absolute Gasteiger partial charge is 0.298 e. The minimum absolute atomic E-state index is 0.421. The topological polar surface area (TPSA) is 21.3 Å². The van der Waals surface area contributed by atoms with Crippen molar-refractivity contribution in [2.24, 2.45) is 0 Å². The number of nitrogens with one attached hydrogen (secondary N) is 1. The average molecular weight is 284 g/mol. The van der Waals surface area contributed by atoms with E-state index in [2.05, 4.69) is 46.5 Å². The van der Waals surface area contributed by atoms with Crippen molar-refractivity contribution in [3.8, 4) is 0 Å². The van der Waals surface area contributed by atoms with Crippen LogP contribution in [0.3, 0.4) is 0 Å². The first-order valence-corrected chi connectivity index (χ1v) is 6.68. The Bertz CT molecular complexity index is 348. The van der Waals surface area contributed by atoms with E-state index in [9.17, 15) is 0 Å². The van der Waals surface area contributed by atoms with Crippen LogP contribution in [0.2, 0.25) is 0 Å². The molecule has 1 aromatic rings.